The number of rotatable bonds is 2. The second-order valence-corrected chi connectivity index (χ2v) is 7.10. The van der Waals surface area contributed by atoms with E-state index >= 15 is 0 Å². The van der Waals surface area contributed by atoms with E-state index in [0.717, 1.165) is 48.8 Å². The van der Waals surface area contributed by atoms with Crippen LogP contribution in [0.15, 0.2) is 72.8 Å². The molecule has 1 aliphatic heterocycles. The van der Waals surface area contributed by atoms with Crippen molar-refractivity contribution in [2.45, 2.75) is 0 Å². The molecule has 0 spiro atoms. The number of hydrogen-bond donors (Lipinski definition) is 0. The SMILES string of the molecule is N#Cc1ccccc1N1CCN(c2nc3ccccc3c3ccccc23)CC1. The van der Waals surface area contributed by atoms with Crippen molar-refractivity contribution in [2.24, 2.45) is 0 Å². The summed E-state index contributed by atoms with van der Waals surface area (Å²) in [5.41, 5.74) is 2.81. The van der Waals surface area contributed by atoms with Crippen LogP contribution in [0.3, 0.4) is 0 Å². The molecule has 136 valence electrons. The summed E-state index contributed by atoms with van der Waals surface area (Å²) in [5.74, 6) is 1.06. The third-order valence-corrected chi connectivity index (χ3v) is 5.53. The molecule has 4 nitrogen and oxygen atoms in total. The summed E-state index contributed by atoms with van der Waals surface area (Å²) in [5, 5.41) is 13.0. The van der Waals surface area contributed by atoms with E-state index in [1.807, 2.05) is 30.3 Å². The summed E-state index contributed by atoms with van der Waals surface area (Å²) in [6.07, 6.45) is 0. The molecule has 0 atom stereocenters. The molecule has 2 heterocycles. The molecule has 0 unspecified atom stereocenters. The number of nitrogens with zero attached hydrogens (tertiary/aromatic N) is 4. The quantitative estimate of drug-likeness (QED) is 0.488. The summed E-state index contributed by atoms with van der Waals surface area (Å²) < 4.78 is 0. The maximum atomic E-state index is 9.40. The van der Waals surface area contributed by atoms with Crippen molar-refractivity contribution in [1.29, 1.82) is 5.26 Å². The van der Waals surface area contributed by atoms with E-state index in [0.29, 0.717) is 0 Å². The minimum absolute atomic E-state index is 0.741. The first kappa shape index (κ1) is 16.6. The normalized spacial score (nSPS) is 14.4. The number of fused-ring (bicyclic) bond motifs is 3. The van der Waals surface area contributed by atoms with Gasteiger partial charge in [0.05, 0.1) is 16.8 Å². The lowest BCUT2D eigenvalue weighted by Gasteiger charge is -2.37. The maximum Gasteiger partial charge on any atom is 0.137 e. The Morgan fingerprint density at radius 2 is 1.29 bits per heavy atom. The van der Waals surface area contributed by atoms with Crippen LogP contribution in [-0.4, -0.2) is 31.2 Å². The van der Waals surface area contributed by atoms with Crippen molar-refractivity contribution < 1.29 is 0 Å². The second kappa shape index (κ2) is 6.86. The topological polar surface area (TPSA) is 43.2 Å². The van der Waals surface area contributed by atoms with E-state index in [9.17, 15) is 5.26 Å². The summed E-state index contributed by atoms with van der Waals surface area (Å²) in [4.78, 5) is 9.69. The summed E-state index contributed by atoms with van der Waals surface area (Å²) in [6.45, 7) is 3.52. The molecule has 0 bridgehead atoms. The van der Waals surface area contributed by atoms with Crippen LogP contribution in [0.5, 0.6) is 0 Å². The number of para-hydroxylation sites is 2. The predicted molar refractivity (Wildman–Crippen MR) is 115 cm³/mol. The van der Waals surface area contributed by atoms with Crippen LogP contribution in [0, 0.1) is 11.3 Å². The Morgan fingerprint density at radius 1 is 0.679 bits per heavy atom. The van der Waals surface area contributed by atoms with Crippen molar-refractivity contribution in [3.8, 4) is 6.07 Å². The molecule has 0 radical (unpaired) electrons. The molecular weight excluding hydrogens is 344 g/mol. The Balaban J connectivity index is 1.50. The molecule has 0 saturated carbocycles. The molecule has 1 aromatic heterocycles. The first-order chi connectivity index (χ1) is 13.8. The molecule has 0 N–H and O–H groups in total. The van der Waals surface area contributed by atoms with Gasteiger partial charge in [0, 0.05) is 37.0 Å². The smallest absolute Gasteiger partial charge is 0.137 e. The Bertz CT molecular complexity index is 1200. The van der Waals surface area contributed by atoms with Gasteiger partial charge in [-0.05, 0) is 23.6 Å². The molecule has 5 rings (SSSR count). The molecule has 3 aromatic carbocycles. The number of benzene rings is 3. The van der Waals surface area contributed by atoms with Crippen LogP contribution in [-0.2, 0) is 0 Å². The Labute approximate surface area is 164 Å². The molecule has 1 aliphatic rings. The van der Waals surface area contributed by atoms with Crippen LogP contribution in [0.4, 0.5) is 11.5 Å². The highest BCUT2D eigenvalue weighted by Gasteiger charge is 2.22. The zero-order chi connectivity index (χ0) is 18.9. The minimum atomic E-state index is 0.741. The Hall–Kier alpha value is -3.58. The lowest BCUT2D eigenvalue weighted by molar-refractivity contribution is 0.649. The summed E-state index contributed by atoms with van der Waals surface area (Å²) >= 11 is 0. The van der Waals surface area contributed by atoms with Gasteiger partial charge in [0.15, 0.2) is 0 Å². The first-order valence-corrected chi connectivity index (χ1v) is 9.61. The van der Waals surface area contributed by atoms with E-state index in [2.05, 4.69) is 58.3 Å². The van der Waals surface area contributed by atoms with E-state index in [-0.39, 0.29) is 0 Å². The standard InChI is InChI=1S/C24H20N4/c25-17-18-7-1-6-12-23(18)27-13-15-28(16-14-27)24-21-10-3-2-8-19(21)20-9-4-5-11-22(20)26-24/h1-12H,13-16H2. The van der Waals surface area contributed by atoms with Crippen molar-refractivity contribution in [1.82, 2.24) is 4.98 Å². The molecule has 4 aromatic rings. The number of piperazine rings is 1. The molecule has 28 heavy (non-hydrogen) atoms. The van der Waals surface area contributed by atoms with Gasteiger partial charge < -0.3 is 9.80 Å². The van der Waals surface area contributed by atoms with E-state index in [1.165, 1.54) is 16.2 Å². The fourth-order valence-corrected chi connectivity index (χ4v) is 4.13. The van der Waals surface area contributed by atoms with Gasteiger partial charge in [-0.25, -0.2) is 4.98 Å². The van der Waals surface area contributed by atoms with Gasteiger partial charge in [-0.1, -0.05) is 54.6 Å². The molecular formula is C24H20N4. The molecule has 1 fully saturated rings. The average Bonchev–Trinajstić information content (AvgIpc) is 2.78. The minimum Gasteiger partial charge on any atom is -0.367 e. The van der Waals surface area contributed by atoms with E-state index in [4.69, 9.17) is 4.98 Å². The van der Waals surface area contributed by atoms with Crippen LogP contribution in [0.1, 0.15) is 5.56 Å². The zero-order valence-corrected chi connectivity index (χ0v) is 15.5. The highest BCUT2D eigenvalue weighted by Crippen LogP contribution is 2.32. The molecule has 1 saturated heterocycles. The van der Waals surface area contributed by atoms with Crippen molar-refractivity contribution in [3.63, 3.8) is 0 Å². The number of pyridine rings is 1. The number of aromatic nitrogens is 1. The zero-order valence-electron chi connectivity index (χ0n) is 15.5. The van der Waals surface area contributed by atoms with E-state index < -0.39 is 0 Å². The Kier molecular flexibility index (Phi) is 4.06. The van der Waals surface area contributed by atoms with Crippen LogP contribution >= 0.6 is 0 Å². The van der Waals surface area contributed by atoms with Crippen LogP contribution in [0.25, 0.3) is 21.7 Å². The predicted octanol–water partition coefficient (Wildman–Crippen LogP) is 4.59. The van der Waals surface area contributed by atoms with Crippen LogP contribution in [0.2, 0.25) is 0 Å². The van der Waals surface area contributed by atoms with Crippen molar-refractivity contribution >= 4 is 33.2 Å². The summed E-state index contributed by atoms with van der Waals surface area (Å²) in [6, 6.07) is 27.0. The van der Waals surface area contributed by atoms with Crippen molar-refractivity contribution in [2.75, 3.05) is 36.0 Å². The lowest BCUT2D eigenvalue weighted by atomic mass is 10.1. The van der Waals surface area contributed by atoms with Gasteiger partial charge in [-0.15, -0.1) is 0 Å². The third-order valence-electron chi connectivity index (χ3n) is 5.53. The average molecular weight is 364 g/mol. The van der Waals surface area contributed by atoms with Crippen LogP contribution < -0.4 is 9.80 Å². The van der Waals surface area contributed by atoms with E-state index in [1.54, 1.807) is 0 Å². The third kappa shape index (κ3) is 2.73. The number of anilines is 2. The lowest BCUT2D eigenvalue weighted by Crippen LogP contribution is -2.47. The molecule has 4 heteroatoms. The number of nitriles is 1. The Morgan fingerprint density at radius 3 is 2.07 bits per heavy atom. The fraction of sp³-hybridized carbons (Fsp3) is 0.167. The fourth-order valence-electron chi connectivity index (χ4n) is 4.13. The maximum absolute atomic E-state index is 9.40. The second-order valence-electron chi connectivity index (χ2n) is 7.10. The van der Waals surface area contributed by atoms with Gasteiger partial charge >= 0.3 is 0 Å². The highest BCUT2D eigenvalue weighted by molar-refractivity contribution is 6.10. The molecule has 0 aliphatic carbocycles. The van der Waals surface area contributed by atoms with Gasteiger partial charge in [0.1, 0.15) is 11.9 Å². The number of hydrogen-bond acceptors (Lipinski definition) is 4. The van der Waals surface area contributed by atoms with Gasteiger partial charge in [-0.3, -0.25) is 0 Å². The first-order valence-electron chi connectivity index (χ1n) is 9.61. The largest absolute Gasteiger partial charge is 0.367 e. The van der Waals surface area contributed by atoms with Crippen molar-refractivity contribution in [3.05, 3.63) is 78.4 Å². The van der Waals surface area contributed by atoms with Gasteiger partial charge in [0.25, 0.3) is 0 Å². The van der Waals surface area contributed by atoms with Gasteiger partial charge in [-0.2, -0.15) is 5.26 Å². The molecule has 0 amide bonds. The highest BCUT2D eigenvalue weighted by atomic mass is 15.3. The van der Waals surface area contributed by atoms with Gasteiger partial charge in [0.2, 0.25) is 0 Å². The summed E-state index contributed by atoms with van der Waals surface area (Å²) in [7, 11) is 0. The monoisotopic (exact) mass is 364 g/mol.